The summed E-state index contributed by atoms with van der Waals surface area (Å²) in [7, 11) is 0. The Morgan fingerprint density at radius 3 is 2.71 bits per heavy atom. The zero-order valence-corrected chi connectivity index (χ0v) is 14.9. The Balaban J connectivity index is 1.56. The number of amides is 1. The Labute approximate surface area is 144 Å². The predicted molar refractivity (Wildman–Crippen MR) is 90.9 cm³/mol. The summed E-state index contributed by atoms with van der Waals surface area (Å²) in [5.41, 5.74) is 1.99. The number of piperidine rings is 1. The topological polar surface area (TPSA) is 58.8 Å². The van der Waals surface area contributed by atoms with Gasteiger partial charge in [0.25, 0.3) is 0 Å². The van der Waals surface area contributed by atoms with E-state index in [0.717, 1.165) is 75.7 Å². The van der Waals surface area contributed by atoms with Crippen molar-refractivity contribution in [3.05, 3.63) is 17.0 Å². The second-order valence-corrected chi connectivity index (χ2v) is 6.95. The van der Waals surface area contributed by atoms with E-state index in [2.05, 4.69) is 15.0 Å². The lowest BCUT2D eigenvalue weighted by Crippen LogP contribution is -2.51. The summed E-state index contributed by atoms with van der Waals surface area (Å²) >= 11 is 0. The van der Waals surface area contributed by atoms with Crippen LogP contribution in [0.5, 0.6) is 0 Å². The van der Waals surface area contributed by atoms with Crippen molar-refractivity contribution in [1.29, 1.82) is 0 Å². The molecule has 3 rings (SSSR count). The van der Waals surface area contributed by atoms with E-state index < -0.39 is 0 Å². The molecule has 6 heteroatoms. The molecule has 0 saturated carbocycles. The smallest absolute Gasteiger partial charge is 0.223 e. The van der Waals surface area contributed by atoms with Crippen molar-refractivity contribution in [3.63, 3.8) is 0 Å². The summed E-state index contributed by atoms with van der Waals surface area (Å²) in [6, 6.07) is 0.356. The van der Waals surface area contributed by atoms with Crippen LogP contribution in [0.1, 0.15) is 42.7 Å². The van der Waals surface area contributed by atoms with Crippen LogP contribution in [0.4, 0.5) is 0 Å². The van der Waals surface area contributed by atoms with E-state index in [9.17, 15) is 4.79 Å². The molecule has 2 aliphatic rings. The van der Waals surface area contributed by atoms with E-state index in [4.69, 9.17) is 9.26 Å². The van der Waals surface area contributed by atoms with Crippen LogP contribution in [0.25, 0.3) is 0 Å². The SMILES string of the molecule is Cc1noc(C)c1CCC(=O)N1CCCC[C@@H]1CN1CCOCC1. The minimum atomic E-state index is 0.271. The summed E-state index contributed by atoms with van der Waals surface area (Å²) in [6.45, 7) is 9.34. The maximum Gasteiger partial charge on any atom is 0.223 e. The number of aromatic nitrogens is 1. The first-order valence-corrected chi connectivity index (χ1v) is 9.16. The summed E-state index contributed by atoms with van der Waals surface area (Å²) in [6.07, 6.45) is 4.73. The van der Waals surface area contributed by atoms with Gasteiger partial charge in [0.1, 0.15) is 5.76 Å². The highest BCUT2D eigenvalue weighted by Crippen LogP contribution is 2.21. The highest BCUT2D eigenvalue weighted by molar-refractivity contribution is 5.77. The fourth-order valence-corrected chi connectivity index (χ4v) is 3.83. The lowest BCUT2D eigenvalue weighted by molar-refractivity contribution is -0.135. The van der Waals surface area contributed by atoms with Crippen LogP contribution < -0.4 is 0 Å². The molecular formula is C18H29N3O3. The third-order valence-corrected chi connectivity index (χ3v) is 5.29. The monoisotopic (exact) mass is 335 g/mol. The number of morpholine rings is 1. The fraction of sp³-hybridized carbons (Fsp3) is 0.778. The second kappa shape index (κ2) is 8.12. The normalized spacial score (nSPS) is 22.8. The van der Waals surface area contributed by atoms with Crippen molar-refractivity contribution < 1.29 is 14.1 Å². The van der Waals surface area contributed by atoms with Crippen molar-refractivity contribution in [2.24, 2.45) is 0 Å². The maximum atomic E-state index is 12.8. The van der Waals surface area contributed by atoms with Gasteiger partial charge in [-0.15, -0.1) is 0 Å². The fourth-order valence-electron chi connectivity index (χ4n) is 3.83. The molecule has 24 heavy (non-hydrogen) atoms. The number of hydrogen-bond acceptors (Lipinski definition) is 5. The van der Waals surface area contributed by atoms with Gasteiger partial charge in [0.2, 0.25) is 5.91 Å². The molecule has 0 bridgehead atoms. The first-order chi connectivity index (χ1) is 11.6. The Morgan fingerprint density at radius 2 is 2.00 bits per heavy atom. The number of carbonyl (C=O) groups is 1. The number of likely N-dealkylation sites (tertiary alicyclic amines) is 1. The van der Waals surface area contributed by atoms with Gasteiger partial charge >= 0.3 is 0 Å². The number of ether oxygens (including phenoxy) is 1. The van der Waals surface area contributed by atoms with Gasteiger partial charge in [0.05, 0.1) is 18.9 Å². The largest absolute Gasteiger partial charge is 0.379 e. The van der Waals surface area contributed by atoms with Gasteiger partial charge in [0, 0.05) is 44.2 Å². The molecule has 0 radical (unpaired) electrons. The molecule has 1 amide bonds. The van der Waals surface area contributed by atoms with Crippen molar-refractivity contribution >= 4 is 5.91 Å². The molecule has 0 spiro atoms. The Morgan fingerprint density at radius 1 is 1.21 bits per heavy atom. The molecule has 2 fully saturated rings. The van der Waals surface area contributed by atoms with Gasteiger partial charge in [-0.25, -0.2) is 0 Å². The van der Waals surface area contributed by atoms with Crippen LogP contribution in [-0.4, -0.2) is 66.3 Å². The van der Waals surface area contributed by atoms with Crippen molar-refractivity contribution in [3.8, 4) is 0 Å². The van der Waals surface area contributed by atoms with Crippen LogP contribution in [0.15, 0.2) is 4.52 Å². The lowest BCUT2D eigenvalue weighted by Gasteiger charge is -2.39. The maximum absolute atomic E-state index is 12.8. The molecule has 0 N–H and O–H groups in total. The molecule has 0 aliphatic carbocycles. The summed E-state index contributed by atoms with van der Waals surface area (Å²) in [5, 5.41) is 3.98. The first-order valence-electron chi connectivity index (χ1n) is 9.16. The molecule has 3 heterocycles. The molecule has 1 atom stereocenters. The van der Waals surface area contributed by atoms with Gasteiger partial charge < -0.3 is 14.2 Å². The zero-order chi connectivity index (χ0) is 16.9. The predicted octanol–water partition coefficient (Wildman–Crippen LogP) is 1.94. The van der Waals surface area contributed by atoms with Gasteiger partial charge in [-0.1, -0.05) is 5.16 Å². The Kier molecular flexibility index (Phi) is 5.89. The van der Waals surface area contributed by atoms with Gasteiger partial charge in [-0.2, -0.15) is 0 Å². The number of aryl methyl sites for hydroxylation is 2. The molecular weight excluding hydrogens is 306 g/mol. The van der Waals surface area contributed by atoms with Crippen LogP contribution >= 0.6 is 0 Å². The first kappa shape index (κ1) is 17.4. The minimum Gasteiger partial charge on any atom is -0.379 e. The Bertz CT molecular complexity index is 532. The molecule has 6 nitrogen and oxygen atoms in total. The molecule has 1 aromatic heterocycles. The van der Waals surface area contributed by atoms with Gasteiger partial charge in [-0.3, -0.25) is 9.69 Å². The van der Waals surface area contributed by atoms with Gasteiger partial charge in [0.15, 0.2) is 0 Å². The Hall–Kier alpha value is -1.40. The van der Waals surface area contributed by atoms with E-state index in [1.807, 2.05) is 13.8 Å². The second-order valence-electron chi connectivity index (χ2n) is 6.95. The molecule has 2 aliphatic heterocycles. The van der Waals surface area contributed by atoms with Crippen LogP contribution in [0.2, 0.25) is 0 Å². The number of rotatable bonds is 5. The average Bonchev–Trinajstić information content (AvgIpc) is 2.92. The number of hydrogen-bond donors (Lipinski definition) is 0. The van der Waals surface area contributed by atoms with Crippen molar-refractivity contribution in [2.45, 2.75) is 52.0 Å². The summed E-state index contributed by atoms with van der Waals surface area (Å²) < 4.78 is 10.6. The average molecular weight is 335 g/mol. The van der Waals surface area contributed by atoms with Crippen LogP contribution in [0.3, 0.4) is 0 Å². The van der Waals surface area contributed by atoms with Gasteiger partial charge in [-0.05, 0) is 39.5 Å². The zero-order valence-electron chi connectivity index (χ0n) is 14.9. The summed E-state index contributed by atoms with van der Waals surface area (Å²) in [5.74, 6) is 1.11. The molecule has 134 valence electrons. The minimum absolute atomic E-state index is 0.271. The van der Waals surface area contributed by atoms with E-state index in [0.29, 0.717) is 12.5 Å². The summed E-state index contributed by atoms with van der Waals surface area (Å²) in [4.78, 5) is 17.4. The molecule has 0 unspecified atom stereocenters. The van der Waals surface area contributed by atoms with Crippen molar-refractivity contribution in [2.75, 3.05) is 39.4 Å². The highest BCUT2D eigenvalue weighted by Gasteiger charge is 2.28. The number of carbonyl (C=O) groups excluding carboxylic acids is 1. The van der Waals surface area contributed by atoms with Crippen LogP contribution in [-0.2, 0) is 16.0 Å². The lowest BCUT2D eigenvalue weighted by atomic mass is 9.99. The van der Waals surface area contributed by atoms with E-state index in [1.54, 1.807) is 0 Å². The third-order valence-electron chi connectivity index (χ3n) is 5.29. The molecule has 1 aromatic rings. The van der Waals surface area contributed by atoms with E-state index in [-0.39, 0.29) is 5.91 Å². The molecule has 0 aromatic carbocycles. The van der Waals surface area contributed by atoms with Crippen LogP contribution in [0, 0.1) is 13.8 Å². The third kappa shape index (κ3) is 4.16. The van der Waals surface area contributed by atoms with Crippen molar-refractivity contribution in [1.82, 2.24) is 15.0 Å². The van der Waals surface area contributed by atoms with E-state index in [1.165, 1.54) is 6.42 Å². The standard InChI is InChI=1S/C18H29N3O3/c1-14-17(15(2)24-19-14)6-7-18(22)21-8-4-3-5-16(21)13-20-9-11-23-12-10-20/h16H,3-13H2,1-2H3/t16-/m1/s1. The molecule has 2 saturated heterocycles. The highest BCUT2D eigenvalue weighted by atomic mass is 16.5. The number of nitrogens with zero attached hydrogens (tertiary/aromatic N) is 3. The van der Waals surface area contributed by atoms with E-state index >= 15 is 0 Å². The quantitative estimate of drug-likeness (QED) is 0.823.